The Kier molecular flexibility index (Phi) is 3.35. The summed E-state index contributed by atoms with van der Waals surface area (Å²) in [5.74, 6) is 0.553. The summed E-state index contributed by atoms with van der Waals surface area (Å²) < 4.78 is 0. The van der Waals surface area contributed by atoms with Crippen LogP contribution in [-0.2, 0) is 0 Å². The molecule has 86 valence electrons. The first-order chi connectivity index (χ1) is 8.19. The fraction of sp³-hybridized carbons (Fsp3) is 0.0833. The van der Waals surface area contributed by atoms with Crippen LogP contribution in [0.25, 0.3) is 11.8 Å². The molecule has 2 aromatic rings. The number of halogens is 1. The summed E-state index contributed by atoms with van der Waals surface area (Å²) >= 11 is 5.81. The Hall–Kier alpha value is -1.94. The molecule has 0 fully saturated rings. The minimum atomic E-state index is 0.553. The lowest BCUT2D eigenvalue weighted by Gasteiger charge is -1.96. The van der Waals surface area contributed by atoms with Gasteiger partial charge in [-0.1, -0.05) is 24.3 Å². The van der Waals surface area contributed by atoms with Crippen molar-refractivity contribution in [2.75, 3.05) is 0 Å². The molecule has 2 rings (SSSR count). The van der Waals surface area contributed by atoms with E-state index in [4.69, 9.17) is 11.6 Å². The monoisotopic (exact) mass is 246 g/mol. The molecule has 0 aliphatic rings. The molecule has 0 radical (unpaired) electrons. The van der Waals surface area contributed by atoms with Gasteiger partial charge < -0.3 is 0 Å². The molecule has 0 unspecified atom stereocenters. The van der Waals surface area contributed by atoms with E-state index in [0.29, 0.717) is 10.8 Å². The summed E-state index contributed by atoms with van der Waals surface area (Å²) in [6.45, 7) is 5.59. The molecule has 0 saturated heterocycles. The van der Waals surface area contributed by atoms with Crippen LogP contribution in [0.4, 0.5) is 0 Å². The van der Waals surface area contributed by atoms with E-state index in [2.05, 4.69) is 22.0 Å². The summed E-state index contributed by atoms with van der Waals surface area (Å²) in [4.78, 5) is 1.46. The number of benzene rings is 1. The topological polar surface area (TPSA) is 43.6 Å². The third-order valence-electron chi connectivity index (χ3n) is 2.17. The third kappa shape index (κ3) is 2.79. The van der Waals surface area contributed by atoms with Gasteiger partial charge in [0.15, 0.2) is 5.82 Å². The highest BCUT2D eigenvalue weighted by molar-refractivity contribution is 6.30. The lowest BCUT2D eigenvalue weighted by Crippen LogP contribution is -1.98. The molecule has 0 aliphatic carbocycles. The molecule has 17 heavy (non-hydrogen) atoms. The highest BCUT2D eigenvalue weighted by atomic mass is 35.5. The van der Waals surface area contributed by atoms with Gasteiger partial charge in [0.2, 0.25) is 0 Å². The van der Waals surface area contributed by atoms with Crippen LogP contribution in [0.2, 0.25) is 5.02 Å². The Labute approximate surface area is 104 Å². The van der Waals surface area contributed by atoms with E-state index in [0.717, 1.165) is 11.3 Å². The third-order valence-corrected chi connectivity index (χ3v) is 2.42. The molecule has 5 heteroatoms. The van der Waals surface area contributed by atoms with E-state index in [1.807, 2.05) is 25.1 Å². The zero-order chi connectivity index (χ0) is 12.3. The molecule has 1 heterocycles. The summed E-state index contributed by atoms with van der Waals surface area (Å²) in [6.07, 6.45) is 3.55. The molecule has 0 amide bonds. The highest BCUT2D eigenvalue weighted by Gasteiger charge is 2.02. The van der Waals surface area contributed by atoms with Gasteiger partial charge in [0, 0.05) is 5.02 Å². The van der Waals surface area contributed by atoms with Gasteiger partial charge in [0.05, 0.1) is 5.69 Å². The van der Waals surface area contributed by atoms with Gasteiger partial charge in [-0.3, -0.25) is 0 Å². The van der Waals surface area contributed by atoms with Gasteiger partial charge in [-0.25, -0.2) is 0 Å². The molecular weight excluding hydrogens is 236 g/mol. The Morgan fingerprint density at radius 1 is 1.35 bits per heavy atom. The molecule has 4 nitrogen and oxygen atoms in total. The van der Waals surface area contributed by atoms with Crippen molar-refractivity contribution in [3.63, 3.8) is 0 Å². The number of tetrazole rings is 1. The van der Waals surface area contributed by atoms with E-state index in [1.54, 1.807) is 18.2 Å². The number of nitrogens with zero attached hydrogens (tertiary/aromatic N) is 4. The second-order valence-corrected chi connectivity index (χ2v) is 3.94. The predicted octanol–water partition coefficient (Wildman–Crippen LogP) is 2.91. The van der Waals surface area contributed by atoms with Gasteiger partial charge in [-0.2, -0.15) is 0 Å². The van der Waals surface area contributed by atoms with Crippen LogP contribution in [0.3, 0.4) is 0 Å². The van der Waals surface area contributed by atoms with E-state index < -0.39 is 0 Å². The Morgan fingerprint density at radius 3 is 2.71 bits per heavy atom. The molecule has 0 saturated carbocycles. The molecule has 0 spiro atoms. The standard InChI is InChI=1S/C12H11ClN4/c1-3-9(2)8-12-14-16-17(15-12)11-6-4-10(13)5-7-11/h3-8H,1H2,2H3/b9-8-. The van der Waals surface area contributed by atoms with Gasteiger partial charge in [0.25, 0.3) is 0 Å². The molecule has 0 atom stereocenters. The second kappa shape index (κ2) is 4.93. The highest BCUT2D eigenvalue weighted by Crippen LogP contribution is 2.11. The Morgan fingerprint density at radius 2 is 2.06 bits per heavy atom. The summed E-state index contributed by atoms with van der Waals surface area (Å²) in [5.41, 5.74) is 1.80. The maximum Gasteiger partial charge on any atom is 0.198 e. The van der Waals surface area contributed by atoms with Crippen molar-refractivity contribution in [2.24, 2.45) is 0 Å². The van der Waals surface area contributed by atoms with Crippen molar-refractivity contribution in [3.8, 4) is 5.69 Å². The minimum Gasteiger partial charge on any atom is -0.131 e. The van der Waals surface area contributed by atoms with Crippen LogP contribution < -0.4 is 0 Å². The zero-order valence-corrected chi connectivity index (χ0v) is 10.1. The fourth-order valence-electron chi connectivity index (χ4n) is 1.23. The summed E-state index contributed by atoms with van der Waals surface area (Å²) in [6, 6.07) is 7.23. The van der Waals surface area contributed by atoms with Crippen molar-refractivity contribution in [1.82, 2.24) is 20.2 Å². The molecular formula is C12H11ClN4. The van der Waals surface area contributed by atoms with Crippen LogP contribution in [0.5, 0.6) is 0 Å². The normalized spacial score (nSPS) is 11.5. The molecule has 0 bridgehead atoms. The van der Waals surface area contributed by atoms with Gasteiger partial charge >= 0.3 is 0 Å². The van der Waals surface area contributed by atoms with Crippen molar-refractivity contribution in [3.05, 3.63) is 53.3 Å². The quantitative estimate of drug-likeness (QED) is 0.782. The summed E-state index contributed by atoms with van der Waals surface area (Å²) in [7, 11) is 0. The van der Waals surface area contributed by atoms with E-state index in [-0.39, 0.29) is 0 Å². The number of hydrogen-bond acceptors (Lipinski definition) is 3. The lowest BCUT2D eigenvalue weighted by atomic mass is 10.3. The first-order valence-corrected chi connectivity index (χ1v) is 5.43. The summed E-state index contributed by atoms with van der Waals surface area (Å²) in [5, 5.41) is 12.8. The van der Waals surface area contributed by atoms with Crippen molar-refractivity contribution in [1.29, 1.82) is 0 Å². The first kappa shape index (κ1) is 11.5. The van der Waals surface area contributed by atoms with E-state index in [9.17, 15) is 0 Å². The van der Waals surface area contributed by atoms with E-state index in [1.165, 1.54) is 4.80 Å². The van der Waals surface area contributed by atoms with Crippen molar-refractivity contribution < 1.29 is 0 Å². The van der Waals surface area contributed by atoms with Crippen molar-refractivity contribution >= 4 is 17.7 Å². The zero-order valence-electron chi connectivity index (χ0n) is 9.34. The lowest BCUT2D eigenvalue weighted by molar-refractivity contribution is 0.719. The number of hydrogen-bond donors (Lipinski definition) is 0. The number of rotatable bonds is 3. The fourth-order valence-corrected chi connectivity index (χ4v) is 1.36. The van der Waals surface area contributed by atoms with Gasteiger partial charge in [0.1, 0.15) is 0 Å². The largest absolute Gasteiger partial charge is 0.198 e. The van der Waals surface area contributed by atoms with Gasteiger partial charge in [-0.05, 0) is 48.1 Å². The molecule has 0 N–H and O–H groups in total. The van der Waals surface area contributed by atoms with Crippen LogP contribution in [0.15, 0.2) is 42.5 Å². The van der Waals surface area contributed by atoms with Gasteiger partial charge in [-0.15, -0.1) is 15.0 Å². The molecule has 1 aromatic heterocycles. The maximum absolute atomic E-state index is 5.81. The number of allylic oxidation sites excluding steroid dienone is 2. The Bertz CT molecular complexity index is 554. The van der Waals surface area contributed by atoms with Crippen LogP contribution in [0, 0.1) is 0 Å². The number of aromatic nitrogens is 4. The maximum atomic E-state index is 5.81. The smallest absolute Gasteiger partial charge is 0.131 e. The van der Waals surface area contributed by atoms with Crippen molar-refractivity contribution in [2.45, 2.75) is 6.92 Å². The average molecular weight is 247 g/mol. The second-order valence-electron chi connectivity index (χ2n) is 3.51. The van der Waals surface area contributed by atoms with Crippen LogP contribution in [0.1, 0.15) is 12.7 Å². The Balaban J connectivity index is 2.29. The predicted molar refractivity (Wildman–Crippen MR) is 68.0 cm³/mol. The van der Waals surface area contributed by atoms with Crippen LogP contribution in [-0.4, -0.2) is 20.2 Å². The molecule has 0 aliphatic heterocycles. The average Bonchev–Trinajstić information content (AvgIpc) is 2.78. The SMILES string of the molecule is C=C/C(C)=C\c1nnn(-c2ccc(Cl)cc2)n1. The van der Waals surface area contributed by atoms with Crippen LogP contribution >= 0.6 is 11.6 Å². The minimum absolute atomic E-state index is 0.553. The molecule has 1 aromatic carbocycles. The van der Waals surface area contributed by atoms with E-state index >= 15 is 0 Å². The first-order valence-electron chi connectivity index (χ1n) is 5.06.